The van der Waals surface area contributed by atoms with Crippen LogP contribution in [0.25, 0.3) is 0 Å². The smallest absolute Gasteiger partial charge is 0.327 e. The summed E-state index contributed by atoms with van der Waals surface area (Å²) in [6.45, 7) is 12.2. The number of hydrogen-bond acceptors (Lipinski definition) is 4. The van der Waals surface area contributed by atoms with Gasteiger partial charge in [-0.05, 0) is 12.3 Å². The van der Waals surface area contributed by atoms with E-state index in [4.69, 9.17) is 4.99 Å². The first kappa shape index (κ1) is 15.2. The van der Waals surface area contributed by atoms with Gasteiger partial charge in [0.1, 0.15) is 17.4 Å². The summed E-state index contributed by atoms with van der Waals surface area (Å²) in [6.07, 6.45) is 0.751. The molecule has 2 N–H and O–H groups in total. The minimum absolute atomic E-state index is 0.0804. The standard InChI is InChI=1S/C16H27N5O/c1-6-7-20-15-12(18-13(19-15)10(4)5)14-17-11(9(2)3)8-21(14)16(20)22/h9-11,15,17H,6-8H2,1-5H3,(H,18,19)/t11-,15?/m1/s1. The normalized spacial score (nSPS) is 27.2. The van der Waals surface area contributed by atoms with Crippen LogP contribution in [0.1, 0.15) is 41.0 Å². The quantitative estimate of drug-likeness (QED) is 0.834. The van der Waals surface area contributed by atoms with Crippen LogP contribution in [0.4, 0.5) is 4.79 Å². The van der Waals surface area contributed by atoms with Crippen molar-refractivity contribution in [3.8, 4) is 0 Å². The van der Waals surface area contributed by atoms with Crippen molar-refractivity contribution >= 4 is 11.9 Å². The predicted molar refractivity (Wildman–Crippen MR) is 87.1 cm³/mol. The summed E-state index contributed by atoms with van der Waals surface area (Å²) in [5.74, 6) is 2.71. The molecule has 6 nitrogen and oxygen atoms in total. The number of hydrogen-bond donors (Lipinski definition) is 2. The van der Waals surface area contributed by atoms with Crippen LogP contribution in [0.3, 0.4) is 0 Å². The van der Waals surface area contributed by atoms with Crippen LogP contribution < -0.4 is 10.6 Å². The summed E-state index contributed by atoms with van der Waals surface area (Å²) in [6, 6.07) is 0.385. The fourth-order valence-electron chi connectivity index (χ4n) is 3.21. The molecule has 2 atom stereocenters. The second kappa shape index (κ2) is 5.48. The molecule has 3 aliphatic rings. The average Bonchev–Trinajstić information content (AvgIpc) is 3.07. The highest BCUT2D eigenvalue weighted by Gasteiger charge is 2.46. The molecule has 1 fully saturated rings. The fraction of sp³-hybridized carbons (Fsp3) is 0.750. The lowest BCUT2D eigenvalue weighted by molar-refractivity contribution is 0.146. The first-order valence-corrected chi connectivity index (χ1v) is 8.37. The van der Waals surface area contributed by atoms with Crippen molar-refractivity contribution in [1.29, 1.82) is 0 Å². The molecule has 0 aliphatic carbocycles. The third-order valence-electron chi connectivity index (χ3n) is 4.60. The molecule has 3 rings (SSSR count). The molecule has 22 heavy (non-hydrogen) atoms. The maximum Gasteiger partial charge on any atom is 0.327 e. The van der Waals surface area contributed by atoms with E-state index in [1.165, 1.54) is 0 Å². The highest BCUT2D eigenvalue weighted by atomic mass is 16.2. The molecule has 0 spiro atoms. The van der Waals surface area contributed by atoms with Crippen LogP contribution in [0, 0.1) is 11.8 Å². The minimum Gasteiger partial charge on any atom is -0.365 e. The van der Waals surface area contributed by atoms with Gasteiger partial charge in [0.05, 0.1) is 0 Å². The molecule has 1 unspecified atom stereocenters. The zero-order valence-electron chi connectivity index (χ0n) is 14.2. The lowest BCUT2D eigenvalue weighted by Crippen LogP contribution is -2.53. The van der Waals surface area contributed by atoms with Gasteiger partial charge in [0.2, 0.25) is 0 Å². The van der Waals surface area contributed by atoms with Crippen molar-refractivity contribution in [1.82, 2.24) is 20.4 Å². The number of carbonyl (C=O) groups is 1. The third-order valence-corrected chi connectivity index (χ3v) is 4.60. The van der Waals surface area contributed by atoms with Crippen molar-refractivity contribution < 1.29 is 4.79 Å². The molecule has 0 aromatic carbocycles. The predicted octanol–water partition coefficient (Wildman–Crippen LogP) is 1.91. The monoisotopic (exact) mass is 305 g/mol. The number of amidine groups is 1. The third kappa shape index (κ3) is 2.25. The first-order chi connectivity index (χ1) is 10.4. The molecule has 6 heteroatoms. The Morgan fingerprint density at radius 3 is 2.64 bits per heavy atom. The van der Waals surface area contributed by atoms with Gasteiger partial charge in [-0.2, -0.15) is 0 Å². The van der Waals surface area contributed by atoms with Gasteiger partial charge >= 0.3 is 6.03 Å². The van der Waals surface area contributed by atoms with E-state index in [1.807, 2.05) is 9.80 Å². The highest BCUT2D eigenvalue weighted by Crippen LogP contribution is 2.32. The summed E-state index contributed by atoms with van der Waals surface area (Å²) in [5.41, 5.74) is 1.04. The van der Waals surface area contributed by atoms with E-state index in [2.05, 4.69) is 45.3 Å². The molecule has 0 aromatic heterocycles. The molecular formula is C16H27N5O. The molecular weight excluding hydrogens is 278 g/mol. The van der Waals surface area contributed by atoms with Gasteiger partial charge < -0.3 is 10.6 Å². The van der Waals surface area contributed by atoms with Gasteiger partial charge in [0, 0.05) is 25.0 Å². The van der Waals surface area contributed by atoms with Gasteiger partial charge in [-0.3, -0.25) is 9.80 Å². The molecule has 0 radical (unpaired) electrons. The maximum atomic E-state index is 12.9. The molecule has 0 aromatic rings. The number of rotatable bonds is 4. The number of amides is 2. The highest BCUT2D eigenvalue weighted by molar-refractivity contribution is 5.91. The van der Waals surface area contributed by atoms with Gasteiger partial charge in [-0.1, -0.05) is 34.6 Å². The summed E-state index contributed by atoms with van der Waals surface area (Å²) >= 11 is 0. The Balaban J connectivity index is 1.98. The van der Waals surface area contributed by atoms with Gasteiger partial charge in [-0.25, -0.2) is 9.79 Å². The van der Waals surface area contributed by atoms with E-state index in [9.17, 15) is 4.79 Å². The Morgan fingerprint density at radius 1 is 1.32 bits per heavy atom. The molecule has 1 saturated heterocycles. The number of fused-ring (bicyclic) bond motifs is 2. The zero-order chi connectivity index (χ0) is 16.0. The molecule has 3 aliphatic heterocycles. The lowest BCUT2D eigenvalue weighted by Gasteiger charge is -2.36. The van der Waals surface area contributed by atoms with Crippen molar-refractivity contribution in [2.75, 3.05) is 13.1 Å². The Kier molecular flexibility index (Phi) is 3.78. The average molecular weight is 305 g/mol. The Labute approximate surface area is 132 Å². The molecule has 3 heterocycles. The Morgan fingerprint density at radius 2 is 2.05 bits per heavy atom. The van der Waals surface area contributed by atoms with Crippen molar-refractivity contribution in [3.63, 3.8) is 0 Å². The molecule has 0 bridgehead atoms. The van der Waals surface area contributed by atoms with Crippen LogP contribution in [0.2, 0.25) is 0 Å². The van der Waals surface area contributed by atoms with Gasteiger partial charge in [0.25, 0.3) is 0 Å². The first-order valence-electron chi connectivity index (χ1n) is 8.37. The Bertz CT molecular complexity index is 537. The van der Waals surface area contributed by atoms with Crippen LogP contribution in [0.15, 0.2) is 16.5 Å². The maximum absolute atomic E-state index is 12.9. The van der Waals surface area contributed by atoms with E-state index in [0.717, 1.165) is 36.9 Å². The summed E-state index contributed by atoms with van der Waals surface area (Å²) < 4.78 is 0. The Hall–Kier alpha value is -1.72. The molecule has 122 valence electrons. The molecule has 2 amide bonds. The van der Waals surface area contributed by atoms with E-state index < -0.39 is 0 Å². The number of nitrogens with one attached hydrogen (secondary N) is 2. The van der Waals surface area contributed by atoms with Gasteiger partial charge in [0.15, 0.2) is 6.17 Å². The summed E-state index contributed by atoms with van der Waals surface area (Å²) in [7, 11) is 0. The summed E-state index contributed by atoms with van der Waals surface area (Å²) in [4.78, 5) is 21.4. The van der Waals surface area contributed by atoms with E-state index in [1.54, 1.807) is 0 Å². The second-order valence-electron chi connectivity index (χ2n) is 7.01. The van der Waals surface area contributed by atoms with Crippen molar-refractivity contribution in [3.05, 3.63) is 11.5 Å². The minimum atomic E-state index is -0.186. The van der Waals surface area contributed by atoms with Crippen LogP contribution >= 0.6 is 0 Å². The van der Waals surface area contributed by atoms with Gasteiger partial charge in [-0.15, -0.1) is 0 Å². The van der Waals surface area contributed by atoms with Crippen LogP contribution in [-0.2, 0) is 0 Å². The number of carbonyl (C=O) groups excluding carboxylic acids is 1. The van der Waals surface area contributed by atoms with Crippen LogP contribution in [0.5, 0.6) is 0 Å². The summed E-state index contributed by atoms with van der Waals surface area (Å²) in [5, 5.41) is 7.00. The second-order valence-corrected chi connectivity index (χ2v) is 7.01. The van der Waals surface area contributed by atoms with E-state index >= 15 is 0 Å². The van der Waals surface area contributed by atoms with Crippen molar-refractivity contribution in [2.45, 2.75) is 53.2 Å². The fourth-order valence-corrected chi connectivity index (χ4v) is 3.21. The number of aliphatic imine (C=N–C) groups is 1. The van der Waals surface area contributed by atoms with E-state index in [-0.39, 0.29) is 12.2 Å². The van der Waals surface area contributed by atoms with Crippen molar-refractivity contribution in [2.24, 2.45) is 16.8 Å². The van der Waals surface area contributed by atoms with E-state index in [0.29, 0.717) is 17.9 Å². The number of nitrogens with zero attached hydrogens (tertiary/aromatic N) is 3. The van der Waals surface area contributed by atoms with Crippen LogP contribution in [-0.4, -0.2) is 47.0 Å². The lowest BCUT2D eigenvalue weighted by atomic mass is 10.1. The largest absolute Gasteiger partial charge is 0.365 e. The molecule has 0 saturated carbocycles. The SMILES string of the molecule is CCCN1C(=O)N2C[C@H](C(C)C)NC2=C2NC(C(C)C)=NC21. The zero-order valence-corrected chi connectivity index (χ0v) is 14.2. The number of urea groups is 1. The topological polar surface area (TPSA) is 60.0 Å².